The summed E-state index contributed by atoms with van der Waals surface area (Å²) in [4.78, 5) is 29.2. The molecule has 0 aliphatic heterocycles. The monoisotopic (exact) mass is 440 g/mol. The van der Waals surface area contributed by atoms with Gasteiger partial charge in [-0.1, -0.05) is 35.9 Å². The lowest BCUT2D eigenvalue weighted by atomic mass is 9.88. The van der Waals surface area contributed by atoms with Crippen LogP contribution in [0.3, 0.4) is 0 Å². The van der Waals surface area contributed by atoms with Crippen molar-refractivity contribution in [2.75, 3.05) is 0 Å². The summed E-state index contributed by atoms with van der Waals surface area (Å²) in [5.74, 6) is -1.21. The van der Waals surface area contributed by atoms with Crippen LogP contribution in [0.4, 0.5) is 4.39 Å². The first-order valence-corrected chi connectivity index (χ1v) is 10.0. The molecule has 1 amide bonds. The average molecular weight is 441 g/mol. The number of esters is 1. The summed E-state index contributed by atoms with van der Waals surface area (Å²) in [6.45, 7) is 0. The lowest BCUT2D eigenvalue weighted by molar-refractivity contribution is -0.00741. The quantitative estimate of drug-likeness (QED) is 0.558. The predicted molar refractivity (Wildman–Crippen MR) is 112 cm³/mol. The third kappa shape index (κ3) is 5.00. The normalized spacial score (nSPS) is 17.4. The number of nitrogens with one attached hydrogen (secondary N) is 1. The van der Waals surface area contributed by atoms with Crippen molar-refractivity contribution in [1.82, 2.24) is 10.3 Å². The smallest absolute Gasteiger partial charge is 0.338 e. The number of aromatic nitrogens is 1. The molecule has 1 aliphatic carbocycles. The molecule has 3 aromatic rings. The molecule has 0 radical (unpaired) electrons. The molecule has 1 aliphatic rings. The van der Waals surface area contributed by atoms with E-state index in [4.69, 9.17) is 21.1 Å². The van der Waals surface area contributed by atoms with Crippen LogP contribution in [-0.2, 0) is 4.74 Å². The molecule has 0 spiro atoms. The molecule has 4 rings (SSSR count). The van der Waals surface area contributed by atoms with E-state index in [2.05, 4.69) is 10.3 Å². The highest BCUT2D eigenvalue weighted by Gasteiger charge is 2.36. The van der Waals surface area contributed by atoms with Crippen molar-refractivity contribution in [2.24, 2.45) is 0 Å². The fourth-order valence-corrected chi connectivity index (χ4v) is 3.27. The molecular formula is C23H18ClFN2O4. The Morgan fingerprint density at radius 2 is 1.87 bits per heavy atom. The third-order valence-corrected chi connectivity index (χ3v) is 5.08. The van der Waals surface area contributed by atoms with E-state index in [1.807, 2.05) is 6.07 Å². The van der Waals surface area contributed by atoms with Crippen LogP contribution in [0.15, 0.2) is 66.9 Å². The van der Waals surface area contributed by atoms with Crippen LogP contribution in [0, 0.1) is 5.82 Å². The number of carbonyl (C=O) groups excluding carboxylic acids is 2. The number of pyridine rings is 1. The zero-order chi connectivity index (χ0) is 21.8. The van der Waals surface area contributed by atoms with Crippen molar-refractivity contribution in [3.05, 3.63) is 88.8 Å². The fourth-order valence-electron chi connectivity index (χ4n) is 3.11. The van der Waals surface area contributed by atoms with Crippen LogP contribution in [-0.4, -0.2) is 29.0 Å². The van der Waals surface area contributed by atoms with Crippen LogP contribution in [0.25, 0.3) is 0 Å². The molecule has 2 unspecified atom stereocenters. The summed E-state index contributed by atoms with van der Waals surface area (Å²) in [7, 11) is 0. The lowest BCUT2D eigenvalue weighted by Gasteiger charge is -2.36. The minimum Gasteiger partial charge on any atom is -0.457 e. The van der Waals surface area contributed by atoms with Gasteiger partial charge in [-0.05, 0) is 43.2 Å². The zero-order valence-corrected chi connectivity index (χ0v) is 17.0. The second-order valence-corrected chi connectivity index (χ2v) is 7.47. The summed E-state index contributed by atoms with van der Waals surface area (Å²) < 4.78 is 24.6. The number of hydrogen-bond acceptors (Lipinski definition) is 5. The highest BCUT2D eigenvalue weighted by Crippen LogP contribution is 2.28. The maximum atomic E-state index is 13.4. The molecule has 158 valence electrons. The largest absolute Gasteiger partial charge is 0.457 e. The van der Waals surface area contributed by atoms with Crippen molar-refractivity contribution in [3.8, 4) is 11.6 Å². The number of halogens is 2. The van der Waals surface area contributed by atoms with E-state index in [1.165, 1.54) is 30.5 Å². The number of amides is 1. The Kier molecular flexibility index (Phi) is 6.13. The average Bonchev–Trinajstić information content (AvgIpc) is 2.76. The minimum atomic E-state index is -0.480. The fraction of sp³-hybridized carbons (Fsp3) is 0.174. The summed E-state index contributed by atoms with van der Waals surface area (Å²) in [5, 5.41) is 3.08. The minimum absolute atomic E-state index is 0.00958. The zero-order valence-electron chi connectivity index (χ0n) is 16.3. The number of carbonyl (C=O) groups is 2. The standard InChI is InChI=1S/C23H18ClFN2O4/c24-15-11-18(22(26-13-15)30-17-8-4-7-16(25)12-17)21(28)27-19-9-10-20(19)31-23(29)14-5-2-1-3-6-14/h1-8,11-13,19-20H,9-10H2,(H,27,28). The van der Waals surface area contributed by atoms with E-state index in [1.54, 1.807) is 30.3 Å². The van der Waals surface area contributed by atoms with Gasteiger partial charge in [0, 0.05) is 12.3 Å². The van der Waals surface area contributed by atoms with E-state index < -0.39 is 23.8 Å². The summed E-state index contributed by atoms with van der Waals surface area (Å²) >= 11 is 6.01. The highest BCUT2D eigenvalue weighted by molar-refractivity contribution is 6.30. The van der Waals surface area contributed by atoms with E-state index in [-0.39, 0.29) is 28.3 Å². The second-order valence-electron chi connectivity index (χ2n) is 7.03. The van der Waals surface area contributed by atoms with Crippen LogP contribution in [0.2, 0.25) is 5.02 Å². The molecule has 0 saturated heterocycles. The van der Waals surface area contributed by atoms with Crippen LogP contribution >= 0.6 is 11.6 Å². The van der Waals surface area contributed by atoms with Gasteiger partial charge in [0.25, 0.3) is 5.91 Å². The third-order valence-electron chi connectivity index (χ3n) is 4.87. The second kappa shape index (κ2) is 9.14. The van der Waals surface area contributed by atoms with E-state index >= 15 is 0 Å². The van der Waals surface area contributed by atoms with Gasteiger partial charge >= 0.3 is 5.97 Å². The Morgan fingerprint density at radius 3 is 2.58 bits per heavy atom. The van der Waals surface area contributed by atoms with Gasteiger partial charge in [0.1, 0.15) is 23.2 Å². The van der Waals surface area contributed by atoms with Gasteiger partial charge in [0.05, 0.1) is 16.6 Å². The molecular weight excluding hydrogens is 423 g/mol. The Bertz CT molecular complexity index is 1110. The van der Waals surface area contributed by atoms with Crippen molar-refractivity contribution >= 4 is 23.5 Å². The topological polar surface area (TPSA) is 77.5 Å². The van der Waals surface area contributed by atoms with Gasteiger partial charge in [-0.2, -0.15) is 0 Å². The molecule has 2 aromatic carbocycles. The van der Waals surface area contributed by atoms with Gasteiger partial charge in [-0.25, -0.2) is 14.2 Å². The van der Waals surface area contributed by atoms with Gasteiger partial charge < -0.3 is 14.8 Å². The molecule has 0 bridgehead atoms. The molecule has 1 heterocycles. The number of nitrogens with zero attached hydrogens (tertiary/aromatic N) is 1. The van der Waals surface area contributed by atoms with Crippen LogP contribution < -0.4 is 10.1 Å². The molecule has 1 saturated carbocycles. The summed E-state index contributed by atoms with van der Waals surface area (Å²) in [5.41, 5.74) is 0.543. The summed E-state index contributed by atoms with van der Waals surface area (Å²) in [6.07, 6.45) is 2.20. The molecule has 1 fully saturated rings. The first-order valence-electron chi connectivity index (χ1n) is 9.65. The van der Waals surface area contributed by atoms with Gasteiger partial charge in [0.15, 0.2) is 0 Å². The molecule has 1 N–H and O–H groups in total. The van der Waals surface area contributed by atoms with Crippen molar-refractivity contribution in [3.63, 3.8) is 0 Å². The highest BCUT2D eigenvalue weighted by atomic mass is 35.5. The molecule has 8 heteroatoms. The molecule has 6 nitrogen and oxygen atoms in total. The Labute approximate surface area is 183 Å². The SMILES string of the molecule is O=C(OC1CCC1NC(=O)c1cc(Cl)cnc1Oc1cccc(F)c1)c1ccccc1. The van der Waals surface area contributed by atoms with E-state index in [9.17, 15) is 14.0 Å². The molecule has 1 aromatic heterocycles. The molecule has 2 atom stereocenters. The van der Waals surface area contributed by atoms with E-state index in [0.29, 0.717) is 18.4 Å². The predicted octanol–water partition coefficient (Wildman–Crippen LogP) is 4.78. The number of rotatable bonds is 6. The number of ether oxygens (including phenoxy) is 2. The first kappa shape index (κ1) is 20.8. The Hall–Kier alpha value is -3.45. The first-order chi connectivity index (χ1) is 15.0. The Balaban J connectivity index is 1.44. The van der Waals surface area contributed by atoms with Gasteiger partial charge in [0.2, 0.25) is 5.88 Å². The maximum absolute atomic E-state index is 13.4. The van der Waals surface area contributed by atoms with Crippen molar-refractivity contribution < 1.29 is 23.5 Å². The maximum Gasteiger partial charge on any atom is 0.338 e. The lowest BCUT2D eigenvalue weighted by Crippen LogP contribution is -2.52. The number of hydrogen-bond donors (Lipinski definition) is 1. The van der Waals surface area contributed by atoms with Crippen molar-refractivity contribution in [2.45, 2.75) is 25.0 Å². The van der Waals surface area contributed by atoms with Gasteiger partial charge in [-0.15, -0.1) is 0 Å². The van der Waals surface area contributed by atoms with Crippen molar-refractivity contribution in [1.29, 1.82) is 0 Å². The number of benzene rings is 2. The summed E-state index contributed by atoms with van der Waals surface area (Å²) in [6, 6.07) is 15.2. The van der Waals surface area contributed by atoms with Gasteiger partial charge in [-0.3, -0.25) is 4.79 Å². The van der Waals surface area contributed by atoms with Crippen LogP contribution in [0.5, 0.6) is 11.6 Å². The Morgan fingerprint density at radius 1 is 1.06 bits per heavy atom. The van der Waals surface area contributed by atoms with Crippen LogP contribution in [0.1, 0.15) is 33.6 Å². The molecule has 31 heavy (non-hydrogen) atoms. The van der Waals surface area contributed by atoms with E-state index in [0.717, 1.165) is 0 Å².